The average molecular weight is 322 g/mol. The van der Waals surface area contributed by atoms with Gasteiger partial charge in [-0.2, -0.15) is 17.0 Å². The molecule has 21 heavy (non-hydrogen) atoms. The van der Waals surface area contributed by atoms with Crippen LogP contribution in [0, 0.1) is 5.92 Å². The van der Waals surface area contributed by atoms with Gasteiger partial charge in [0.1, 0.15) is 0 Å². The van der Waals surface area contributed by atoms with Crippen molar-refractivity contribution in [3.8, 4) is 0 Å². The second kappa shape index (κ2) is 6.57. The number of ether oxygens (including phenoxy) is 1. The average Bonchev–Trinajstić information content (AvgIpc) is 2.80. The van der Waals surface area contributed by atoms with Crippen LogP contribution in [0.3, 0.4) is 0 Å². The Morgan fingerprint density at radius 2 is 1.81 bits per heavy atom. The zero-order valence-electron chi connectivity index (χ0n) is 12.0. The highest BCUT2D eigenvalue weighted by atomic mass is 32.2. The first-order chi connectivity index (χ1) is 9.86. The van der Waals surface area contributed by atoms with E-state index in [4.69, 9.17) is 4.74 Å². The van der Waals surface area contributed by atoms with E-state index in [0.29, 0.717) is 19.4 Å². The molecule has 0 aromatic rings. The zero-order valence-corrected chi connectivity index (χ0v) is 12.8. The number of carbonyl (C=O) groups excluding carboxylic acids is 1. The fourth-order valence-electron chi connectivity index (χ4n) is 2.69. The van der Waals surface area contributed by atoms with Crippen molar-refractivity contribution in [1.82, 2.24) is 8.61 Å². The van der Waals surface area contributed by atoms with Crippen LogP contribution < -0.4 is 0 Å². The fourth-order valence-corrected chi connectivity index (χ4v) is 4.43. The van der Waals surface area contributed by atoms with Crippen molar-refractivity contribution in [2.24, 2.45) is 5.92 Å². The summed E-state index contributed by atoms with van der Waals surface area (Å²) in [6.45, 7) is 2.16. The lowest BCUT2D eigenvalue weighted by molar-refractivity contribution is -0.149. The summed E-state index contributed by atoms with van der Waals surface area (Å²) in [6.07, 6.45) is -0.937. The molecule has 2 rings (SSSR count). The predicted molar refractivity (Wildman–Crippen MR) is 73.4 cm³/mol. The molecular formula is C12H22N2O6S. The number of β-amino-alcohol motifs (C(OH)–C–C–N with tert-alkyl or cyclic N) is 2. The third-order valence-electron chi connectivity index (χ3n) is 3.88. The Morgan fingerprint density at radius 3 is 2.38 bits per heavy atom. The van der Waals surface area contributed by atoms with Gasteiger partial charge in [0, 0.05) is 26.2 Å². The smallest absolute Gasteiger partial charge is 0.310 e. The van der Waals surface area contributed by atoms with Crippen molar-refractivity contribution in [3.63, 3.8) is 0 Å². The van der Waals surface area contributed by atoms with E-state index in [1.54, 1.807) is 6.92 Å². The van der Waals surface area contributed by atoms with Gasteiger partial charge >= 0.3 is 5.97 Å². The molecular weight excluding hydrogens is 300 g/mol. The van der Waals surface area contributed by atoms with E-state index in [2.05, 4.69) is 0 Å². The van der Waals surface area contributed by atoms with Gasteiger partial charge in [0.25, 0.3) is 10.2 Å². The van der Waals surface area contributed by atoms with E-state index in [-0.39, 0.29) is 32.2 Å². The van der Waals surface area contributed by atoms with Crippen molar-refractivity contribution in [3.05, 3.63) is 0 Å². The van der Waals surface area contributed by atoms with Crippen LogP contribution in [0.15, 0.2) is 0 Å². The first kappa shape index (κ1) is 16.6. The Bertz CT molecular complexity index is 472. The van der Waals surface area contributed by atoms with E-state index >= 15 is 0 Å². The van der Waals surface area contributed by atoms with Crippen LogP contribution in [0.2, 0.25) is 0 Å². The van der Waals surface area contributed by atoms with Crippen LogP contribution in [-0.4, -0.2) is 78.2 Å². The Morgan fingerprint density at radius 1 is 1.19 bits per heavy atom. The summed E-state index contributed by atoms with van der Waals surface area (Å²) in [5.74, 6) is -0.829. The molecule has 0 aliphatic carbocycles. The summed E-state index contributed by atoms with van der Waals surface area (Å²) < 4.78 is 32.2. The Hall–Kier alpha value is -0.740. The quantitative estimate of drug-likeness (QED) is 0.613. The normalized spacial score (nSPS) is 32.2. The number of aliphatic hydroxyl groups excluding tert-OH is 2. The lowest BCUT2D eigenvalue weighted by Crippen LogP contribution is -2.49. The highest BCUT2D eigenvalue weighted by Crippen LogP contribution is 2.24. The third-order valence-corrected chi connectivity index (χ3v) is 5.82. The Balaban J connectivity index is 2.05. The number of hydrogen-bond donors (Lipinski definition) is 2. The van der Waals surface area contributed by atoms with E-state index in [0.717, 1.165) is 4.31 Å². The maximum Gasteiger partial charge on any atom is 0.310 e. The van der Waals surface area contributed by atoms with Crippen LogP contribution >= 0.6 is 0 Å². The van der Waals surface area contributed by atoms with Gasteiger partial charge in [0.05, 0.1) is 24.7 Å². The molecule has 122 valence electrons. The molecule has 8 nitrogen and oxygen atoms in total. The second-order valence-corrected chi connectivity index (χ2v) is 7.34. The standard InChI is InChI=1S/C12H22N2O6S/c1-2-20-12(17)9-4-3-5-13(6-9)21(18,19)14-7-10(15)11(16)8-14/h9-11,15-16H,2-8H2,1H3. The predicted octanol–water partition coefficient (Wildman–Crippen LogP) is -1.46. The van der Waals surface area contributed by atoms with Crippen molar-refractivity contribution in [2.75, 3.05) is 32.8 Å². The van der Waals surface area contributed by atoms with Gasteiger partial charge in [0.2, 0.25) is 0 Å². The molecule has 3 unspecified atom stereocenters. The van der Waals surface area contributed by atoms with Crippen molar-refractivity contribution in [2.45, 2.75) is 32.0 Å². The monoisotopic (exact) mass is 322 g/mol. The number of nitrogens with zero attached hydrogens (tertiary/aromatic N) is 2. The molecule has 9 heteroatoms. The van der Waals surface area contributed by atoms with Crippen LogP contribution in [0.1, 0.15) is 19.8 Å². The van der Waals surface area contributed by atoms with Crippen molar-refractivity contribution < 1.29 is 28.2 Å². The molecule has 2 fully saturated rings. The minimum atomic E-state index is -3.77. The van der Waals surface area contributed by atoms with Crippen LogP contribution in [0.25, 0.3) is 0 Å². The second-order valence-electron chi connectivity index (χ2n) is 5.41. The molecule has 2 heterocycles. The number of esters is 1. The summed E-state index contributed by atoms with van der Waals surface area (Å²) in [7, 11) is -3.77. The summed E-state index contributed by atoms with van der Waals surface area (Å²) in [5.41, 5.74) is 0. The molecule has 2 saturated heterocycles. The zero-order chi connectivity index (χ0) is 15.6. The molecule has 2 aliphatic heterocycles. The molecule has 0 saturated carbocycles. The van der Waals surface area contributed by atoms with Gasteiger partial charge in [-0.3, -0.25) is 4.79 Å². The van der Waals surface area contributed by atoms with Crippen LogP contribution in [0.4, 0.5) is 0 Å². The van der Waals surface area contributed by atoms with Gasteiger partial charge in [-0.25, -0.2) is 0 Å². The van der Waals surface area contributed by atoms with Crippen LogP contribution in [-0.2, 0) is 19.7 Å². The van der Waals surface area contributed by atoms with Crippen molar-refractivity contribution in [1.29, 1.82) is 0 Å². The highest BCUT2D eigenvalue weighted by molar-refractivity contribution is 7.86. The summed E-state index contributed by atoms with van der Waals surface area (Å²) in [5, 5.41) is 19.0. The third kappa shape index (κ3) is 3.54. The summed E-state index contributed by atoms with van der Waals surface area (Å²) in [6, 6.07) is 0. The lowest BCUT2D eigenvalue weighted by atomic mass is 10.0. The van der Waals surface area contributed by atoms with Gasteiger partial charge in [-0.15, -0.1) is 0 Å². The lowest BCUT2D eigenvalue weighted by Gasteiger charge is -2.33. The highest BCUT2D eigenvalue weighted by Gasteiger charge is 2.42. The van der Waals surface area contributed by atoms with E-state index in [1.165, 1.54) is 4.31 Å². The Labute approximate surface area is 124 Å². The molecule has 0 bridgehead atoms. The number of aliphatic hydroxyl groups is 2. The number of piperidine rings is 1. The maximum absolute atomic E-state index is 12.5. The fraction of sp³-hybridized carbons (Fsp3) is 0.917. The first-order valence-electron chi connectivity index (χ1n) is 7.14. The number of hydrogen-bond acceptors (Lipinski definition) is 6. The van der Waals surface area contributed by atoms with Crippen molar-refractivity contribution >= 4 is 16.2 Å². The van der Waals surface area contributed by atoms with Gasteiger partial charge in [0.15, 0.2) is 0 Å². The van der Waals surface area contributed by atoms with E-state index in [1.807, 2.05) is 0 Å². The number of rotatable bonds is 4. The topological polar surface area (TPSA) is 107 Å². The molecule has 2 aliphatic rings. The molecule has 3 atom stereocenters. The molecule has 0 aromatic carbocycles. The molecule has 0 amide bonds. The molecule has 0 radical (unpaired) electrons. The van der Waals surface area contributed by atoms with Gasteiger partial charge in [-0.1, -0.05) is 0 Å². The molecule has 0 spiro atoms. The van der Waals surface area contributed by atoms with Gasteiger partial charge < -0.3 is 14.9 Å². The van der Waals surface area contributed by atoms with Gasteiger partial charge in [-0.05, 0) is 19.8 Å². The largest absolute Gasteiger partial charge is 0.466 e. The number of carbonyl (C=O) groups is 1. The van der Waals surface area contributed by atoms with E-state index in [9.17, 15) is 23.4 Å². The summed E-state index contributed by atoms with van der Waals surface area (Å²) >= 11 is 0. The summed E-state index contributed by atoms with van der Waals surface area (Å²) in [4.78, 5) is 11.8. The first-order valence-corrected chi connectivity index (χ1v) is 8.54. The molecule has 0 aromatic heterocycles. The molecule has 2 N–H and O–H groups in total. The minimum absolute atomic E-state index is 0.0872. The van der Waals surface area contributed by atoms with Crippen LogP contribution in [0.5, 0.6) is 0 Å². The SMILES string of the molecule is CCOC(=O)C1CCCN(S(=O)(=O)N2CC(O)C(O)C2)C1. The maximum atomic E-state index is 12.5. The minimum Gasteiger partial charge on any atom is -0.466 e. The Kier molecular flexibility index (Phi) is 5.20. The van der Waals surface area contributed by atoms with E-state index < -0.39 is 28.3 Å².